The normalized spacial score (nSPS) is 26.0. The predicted molar refractivity (Wildman–Crippen MR) is 69.5 cm³/mol. The van der Waals surface area contributed by atoms with E-state index in [0.717, 1.165) is 24.6 Å². The molecular weight excluding hydrogens is 234 g/mol. The molecule has 3 nitrogen and oxygen atoms in total. The fourth-order valence-electron chi connectivity index (χ4n) is 2.56. The molecule has 1 saturated heterocycles. The monoisotopic (exact) mass is 253 g/mol. The van der Waals surface area contributed by atoms with E-state index in [1.165, 1.54) is 24.2 Å². The van der Waals surface area contributed by atoms with Gasteiger partial charge in [0.05, 0.1) is 0 Å². The van der Waals surface area contributed by atoms with Gasteiger partial charge in [-0.15, -0.1) is 11.3 Å². The van der Waals surface area contributed by atoms with Gasteiger partial charge in [0.1, 0.15) is 4.88 Å². The number of carboxylic acids is 1. The Morgan fingerprint density at radius 3 is 3.00 bits per heavy atom. The Hall–Kier alpha value is -0.870. The second kappa shape index (κ2) is 5.19. The van der Waals surface area contributed by atoms with Crippen molar-refractivity contribution in [3.05, 3.63) is 21.9 Å². The molecule has 1 aliphatic heterocycles. The van der Waals surface area contributed by atoms with Crippen molar-refractivity contribution in [1.82, 2.24) is 4.90 Å². The summed E-state index contributed by atoms with van der Waals surface area (Å²) in [5.74, 6) is -0.00398. The summed E-state index contributed by atoms with van der Waals surface area (Å²) in [6.45, 7) is 6.39. The first-order valence-electron chi connectivity index (χ1n) is 6.11. The number of rotatable bonds is 3. The van der Waals surface area contributed by atoms with Crippen LogP contribution in [-0.4, -0.2) is 28.6 Å². The lowest BCUT2D eigenvalue weighted by Crippen LogP contribution is -2.39. The lowest BCUT2D eigenvalue weighted by molar-refractivity contribution is 0.0697. The van der Waals surface area contributed by atoms with E-state index >= 15 is 0 Å². The van der Waals surface area contributed by atoms with E-state index in [0.29, 0.717) is 10.9 Å². The first kappa shape index (κ1) is 12.6. The average molecular weight is 253 g/mol. The van der Waals surface area contributed by atoms with Gasteiger partial charge in [0.25, 0.3) is 0 Å². The van der Waals surface area contributed by atoms with E-state index in [1.54, 1.807) is 0 Å². The van der Waals surface area contributed by atoms with Crippen LogP contribution in [0.5, 0.6) is 0 Å². The molecule has 0 amide bonds. The van der Waals surface area contributed by atoms with E-state index in [4.69, 9.17) is 5.11 Å². The Morgan fingerprint density at radius 1 is 1.59 bits per heavy atom. The average Bonchev–Trinajstić information content (AvgIpc) is 2.70. The molecule has 1 N–H and O–H groups in total. The number of carbonyl (C=O) groups is 1. The van der Waals surface area contributed by atoms with Crippen molar-refractivity contribution in [2.45, 2.75) is 39.3 Å². The summed E-state index contributed by atoms with van der Waals surface area (Å²) in [4.78, 5) is 13.9. The lowest BCUT2D eigenvalue weighted by Gasteiger charge is -2.36. The van der Waals surface area contributed by atoms with Gasteiger partial charge in [-0.2, -0.15) is 0 Å². The maximum absolute atomic E-state index is 11.1. The summed E-state index contributed by atoms with van der Waals surface area (Å²) < 4.78 is 0. The Kier molecular flexibility index (Phi) is 3.84. The summed E-state index contributed by atoms with van der Waals surface area (Å²) in [7, 11) is 0. The number of nitrogens with zero attached hydrogens (tertiary/aromatic N) is 1. The Labute approximate surface area is 106 Å². The van der Waals surface area contributed by atoms with Crippen molar-refractivity contribution in [2.24, 2.45) is 5.92 Å². The van der Waals surface area contributed by atoms with Gasteiger partial charge < -0.3 is 5.11 Å². The lowest BCUT2D eigenvalue weighted by atomic mass is 9.93. The number of piperidine rings is 1. The van der Waals surface area contributed by atoms with Crippen molar-refractivity contribution >= 4 is 17.3 Å². The highest BCUT2D eigenvalue weighted by Crippen LogP contribution is 2.26. The van der Waals surface area contributed by atoms with Crippen LogP contribution in [-0.2, 0) is 6.54 Å². The fraction of sp³-hybridized carbons (Fsp3) is 0.615. The first-order chi connectivity index (χ1) is 8.08. The maximum Gasteiger partial charge on any atom is 0.346 e. The molecule has 0 aromatic carbocycles. The van der Waals surface area contributed by atoms with Gasteiger partial charge in [-0.1, -0.05) is 6.92 Å². The summed E-state index contributed by atoms with van der Waals surface area (Å²) in [5, 5.41) is 11.0. The van der Waals surface area contributed by atoms with Crippen LogP contribution in [0.4, 0.5) is 0 Å². The predicted octanol–water partition coefficient (Wildman–Crippen LogP) is 3.07. The van der Waals surface area contributed by atoms with Crippen LogP contribution >= 0.6 is 11.3 Å². The first-order valence-corrected chi connectivity index (χ1v) is 6.99. The number of thiophene rings is 1. The minimum Gasteiger partial charge on any atom is -0.477 e. The Balaban J connectivity index is 2.05. The van der Waals surface area contributed by atoms with E-state index < -0.39 is 5.97 Å². The Bertz CT molecular complexity index is 402. The zero-order chi connectivity index (χ0) is 12.4. The highest BCUT2D eigenvalue weighted by Gasteiger charge is 2.24. The van der Waals surface area contributed by atoms with Crippen molar-refractivity contribution in [1.29, 1.82) is 0 Å². The van der Waals surface area contributed by atoms with Crippen molar-refractivity contribution in [3.63, 3.8) is 0 Å². The number of likely N-dealkylation sites (tertiary alicyclic amines) is 1. The third-order valence-corrected chi connectivity index (χ3v) is 4.54. The molecule has 1 aromatic heterocycles. The standard InChI is InChI=1S/C13H19NO2S/c1-9-3-5-14(10(2)7-9)8-11-4-6-17-12(11)13(15)16/h4,6,9-10H,3,5,7-8H2,1-2H3,(H,15,16). The number of carboxylic acid groups (broad SMARTS) is 1. The topological polar surface area (TPSA) is 40.5 Å². The summed E-state index contributed by atoms with van der Waals surface area (Å²) in [6.07, 6.45) is 2.43. The molecule has 1 aromatic rings. The van der Waals surface area contributed by atoms with E-state index in [9.17, 15) is 4.79 Å². The van der Waals surface area contributed by atoms with Crippen LogP contribution in [0.1, 0.15) is 41.9 Å². The van der Waals surface area contributed by atoms with Gasteiger partial charge in [-0.3, -0.25) is 4.90 Å². The molecule has 17 heavy (non-hydrogen) atoms. The summed E-state index contributed by atoms with van der Waals surface area (Å²) >= 11 is 1.32. The molecule has 0 spiro atoms. The largest absolute Gasteiger partial charge is 0.477 e. The molecule has 0 aliphatic carbocycles. The van der Waals surface area contributed by atoms with Gasteiger partial charge in [0.15, 0.2) is 0 Å². The van der Waals surface area contributed by atoms with Crippen LogP contribution in [0.15, 0.2) is 11.4 Å². The molecule has 2 unspecified atom stereocenters. The highest BCUT2D eigenvalue weighted by atomic mass is 32.1. The third kappa shape index (κ3) is 2.87. The molecule has 2 rings (SSSR count). The SMILES string of the molecule is CC1CCN(Cc2ccsc2C(=O)O)C(C)C1. The van der Waals surface area contributed by atoms with Crippen LogP contribution in [0, 0.1) is 5.92 Å². The zero-order valence-corrected chi connectivity index (χ0v) is 11.2. The third-order valence-electron chi connectivity index (χ3n) is 3.59. The molecule has 4 heteroatoms. The molecule has 0 radical (unpaired) electrons. The minimum atomic E-state index is -0.798. The minimum absolute atomic E-state index is 0.496. The molecule has 1 fully saturated rings. The van der Waals surface area contributed by atoms with Crippen LogP contribution in [0.3, 0.4) is 0 Å². The molecular formula is C13H19NO2S. The van der Waals surface area contributed by atoms with Crippen LogP contribution < -0.4 is 0 Å². The van der Waals surface area contributed by atoms with Gasteiger partial charge in [-0.25, -0.2) is 4.79 Å². The second-order valence-electron chi connectivity index (χ2n) is 5.03. The number of hydrogen-bond donors (Lipinski definition) is 1. The van der Waals surface area contributed by atoms with Crippen molar-refractivity contribution < 1.29 is 9.90 Å². The molecule has 1 aliphatic rings. The Morgan fingerprint density at radius 2 is 2.35 bits per heavy atom. The van der Waals surface area contributed by atoms with Crippen molar-refractivity contribution in [3.8, 4) is 0 Å². The zero-order valence-electron chi connectivity index (χ0n) is 10.3. The van der Waals surface area contributed by atoms with Crippen molar-refractivity contribution in [2.75, 3.05) is 6.54 Å². The molecule has 0 bridgehead atoms. The molecule has 94 valence electrons. The van der Waals surface area contributed by atoms with E-state index in [2.05, 4.69) is 18.7 Å². The maximum atomic E-state index is 11.1. The van der Waals surface area contributed by atoms with Gasteiger partial charge >= 0.3 is 5.97 Å². The summed E-state index contributed by atoms with van der Waals surface area (Å²) in [6, 6.07) is 2.50. The molecule has 0 saturated carbocycles. The molecule has 2 heterocycles. The van der Waals surface area contributed by atoms with Gasteiger partial charge in [-0.05, 0) is 49.2 Å². The number of hydrogen-bond acceptors (Lipinski definition) is 3. The van der Waals surface area contributed by atoms with Crippen LogP contribution in [0.25, 0.3) is 0 Å². The number of aromatic carboxylic acids is 1. The fourth-order valence-corrected chi connectivity index (χ4v) is 3.31. The quantitative estimate of drug-likeness (QED) is 0.900. The van der Waals surface area contributed by atoms with E-state index in [1.807, 2.05) is 11.4 Å². The van der Waals surface area contributed by atoms with E-state index in [-0.39, 0.29) is 0 Å². The smallest absolute Gasteiger partial charge is 0.346 e. The second-order valence-corrected chi connectivity index (χ2v) is 5.95. The van der Waals surface area contributed by atoms with Crippen LogP contribution in [0.2, 0.25) is 0 Å². The molecule has 2 atom stereocenters. The van der Waals surface area contributed by atoms with Gasteiger partial charge in [0.2, 0.25) is 0 Å². The van der Waals surface area contributed by atoms with Gasteiger partial charge in [0, 0.05) is 12.6 Å². The summed E-state index contributed by atoms with van der Waals surface area (Å²) in [5.41, 5.74) is 0.962. The highest BCUT2D eigenvalue weighted by molar-refractivity contribution is 7.12.